The van der Waals surface area contributed by atoms with Gasteiger partial charge in [0.05, 0.1) is 12.2 Å². The van der Waals surface area contributed by atoms with E-state index in [0.29, 0.717) is 29.7 Å². The normalized spacial score (nSPS) is 15.8. The summed E-state index contributed by atoms with van der Waals surface area (Å²) in [6.45, 7) is 8.01. The van der Waals surface area contributed by atoms with Crippen molar-refractivity contribution in [3.63, 3.8) is 0 Å². The van der Waals surface area contributed by atoms with Crippen LogP contribution in [0, 0.1) is 0 Å². The van der Waals surface area contributed by atoms with E-state index in [1.54, 1.807) is 42.4 Å². The Morgan fingerprint density at radius 3 is 2.49 bits per heavy atom. The number of rotatable bonds is 6. The fraction of sp³-hybridized carbons (Fsp3) is 0.259. The first-order valence-corrected chi connectivity index (χ1v) is 12.2. The van der Waals surface area contributed by atoms with E-state index in [0.717, 1.165) is 37.4 Å². The molecular weight excluding hydrogens is 468 g/mol. The number of piperazine rings is 1. The molecule has 0 spiro atoms. The van der Waals surface area contributed by atoms with E-state index in [1.807, 2.05) is 12.1 Å². The lowest BCUT2D eigenvalue weighted by atomic mass is 10.2. The monoisotopic (exact) mass is 498 g/mol. The molecule has 2 aliphatic rings. The van der Waals surface area contributed by atoms with Crippen LogP contribution in [0.1, 0.15) is 5.56 Å². The standard InChI is InChI=1S/C27H30N8O2/c1-4-24(36)29-21-6-5-7-23(16-21)35-25-19(18-33(3)27(35)37)17-28-26(31-25)30-20-8-10-22(11-9-20)34-14-12-32(2)13-15-34/h4-11,16-17H,1,12-15,18H2,2-3H3,(H,29,36)(H,28,30,31). The quantitative estimate of drug-likeness (QED) is 0.499. The van der Waals surface area contributed by atoms with Crippen LogP contribution in [0.3, 0.4) is 0 Å². The number of hydrogen-bond donors (Lipinski definition) is 2. The van der Waals surface area contributed by atoms with E-state index in [9.17, 15) is 9.59 Å². The second-order valence-electron chi connectivity index (χ2n) is 9.22. The van der Waals surface area contributed by atoms with Gasteiger partial charge in [-0.2, -0.15) is 4.98 Å². The molecule has 3 amide bonds. The van der Waals surface area contributed by atoms with Gasteiger partial charge in [-0.3, -0.25) is 4.79 Å². The zero-order valence-electron chi connectivity index (χ0n) is 21.0. The molecule has 37 heavy (non-hydrogen) atoms. The molecule has 0 unspecified atom stereocenters. The first kappa shape index (κ1) is 24.3. The lowest BCUT2D eigenvalue weighted by molar-refractivity contribution is -0.111. The molecule has 0 bridgehead atoms. The van der Waals surface area contributed by atoms with Gasteiger partial charge in [-0.1, -0.05) is 12.6 Å². The minimum atomic E-state index is -0.327. The third-order valence-corrected chi connectivity index (χ3v) is 6.53. The lowest BCUT2D eigenvalue weighted by Gasteiger charge is -2.34. The number of nitrogens with one attached hydrogen (secondary N) is 2. The van der Waals surface area contributed by atoms with Crippen molar-refractivity contribution in [1.29, 1.82) is 0 Å². The van der Waals surface area contributed by atoms with Crippen molar-refractivity contribution in [2.45, 2.75) is 6.54 Å². The first-order chi connectivity index (χ1) is 17.9. The Bertz CT molecular complexity index is 1320. The number of hydrogen-bond acceptors (Lipinski definition) is 7. The van der Waals surface area contributed by atoms with Gasteiger partial charge in [0.1, 0.15) is 0 Å². The van der Waals surface area contributed by atoms with Crippen molar-refractivity contribution in [1.82, 2.24) is 19.8 Å². The van der Waals surface area contributed by atoms with Crippen molar-refractivity contribution < 1.29 is 9.59 Å². The molecule has 10 nitrogen and oxygen atoms in total. The molecule has 2 N–H and O–H groups in total. The number of anilines is 6. The highest BCUT2D eigenvalue weighted by atomic mass is 16.2. The number of aromatic nitrogens is 2. The molecular formula is C27H30N8O2. The maximum absolute atomic E-state index is 13.2. The van der Waals surface area contributed by atoms with E-state index < -0.39 is 0 Å². The Kier molecular flexibility index (Phi) is 6.74. The Balaban J connectivity index is 1.39. The zero-order valence-corrected chi connectivity index (χ0v) is 21.0. The number of urea groups is 1. The summed E-state index contributed by atoms with van der Waals surface area (Å²) in [7, 11) is 3.88. The number of likely N-dealkylation sites (N-methyl/N-ethyl adjacent to an activating group) is 1. The second-order valence-corrected chi connectivity index (χ2v) is 9.22. The van der Waals surface area contributed by atoms with Crippen LogP contribution in [0.15, 0.2) is 67.4 Å². The molecule has 10 heteroatoms. The predicted molar refractivity (Wildman–Crippen MR) is 146 cm³/mol. The summed E-state index contributed by atoms with van der Waals surface area (Å²) in [5.74, 6) is 0.568. The third kappa shape index (κ3) is 5.24. The molecule has 0 saturated carbocycles. The number of nitrogens with zero attached hydrogens (tertiary/aromatic N) is 6. The van der Waals surface area contributed by atoms with Crippen LogP contribution in [-0.2, 0) is 11.3 Å². The van der Waals surface area contributed by atoms with Gasteiger partial charge in [0.15, 0.2) is 5.82 Å². The van der Waals surface area contributed by atoms with Gasteiger partial charge in [-0.15, -0.1) is 0 Å². The number of amides is 3. The molecule has 1 saturated heterocycles. The van der Waals surface area contributed by atoms with Gasteiger partial charge in [0.2, 0.25) is 11.9 Å². The maximum Gasteiger partial charge on any atom is 0.330 e. The molecule has 0 aliphatic carbocycles. The van der Waals surface area contributed by atoms with Gasteiger partial charge < -0.3 is 25.3 Å². The average molecular weight is 499 g/mol. The largest absolute Gasteiger partial charge is 0.369 e. The molecule has 190 valence electrons. The number of benzene rings is 2. The van der Waals surface area contributed by atoms with Crippen molar-refractivity contribution in [2.75, 3.05) is 60.7 Å². The first-order valence-electron chi connectivity index (χ1n) is 12.2. The van der Waals surface area contributed by atoms with Crippen LogP contribution in [-0.4, -0.2) is 72.0 Å². The predicted octanol–water partition coefficient (Wildman–Crippen LogP) is 3.80. The summed E-state index contributed by atoms with van der Waals surface area (Å²) >= 11 is 0. The summed E-state index contributed by atoms with van der Waals surface area (Å²) in [6, 6.07) is 15.1. The summed E-state index contributed by atoms with van der Waals surface area (Å²) < 4.78 is 0. The highest BCUT2D eigenvalue weighted by molar-refractivity contribution is 6.02. The fourth-order valence-corrected chi connectivity index (χ4v) is 4.45. The second kappa shape index (κ2) is 10.3. The number of carbonyl (C=O) groups excluding carboxylic acids is 2. The summed E-state index contributed by atoms with van der Waals surface area (Å²) in [4.78, 5) is 42.0. The number of carbonyl (C=O) groups is 2. The topological polar surface area (TPSA) is 96.9 Å². The summed E-state index contributed by atoms with van der Waals surface area (Å²) in [5.41, 5.74) is 4.00. The van der Waals surface area contributed by atoms with Crippen LogP contribution < -0.4 is 20.4 Å². The minimum absolute atomic E-state index is 0.221. The van der Waals surface area contributed by atoms with Crippen LogP contribution in [0.2, 0.25) is 0 Å². The smallest absolute Gasteiger partial charge is 0.330 e. The molecule has 5 rings (SSSR count). The molecule has 1 aromatic heterocycles. The van der Waals surface area contributed by atoms with Crippen molar-refractivity contribution in [2.24, 2.45) is 0 Å². The van der Waals surface area contributed by atoms with Crippen LogP contribution in [0.4, 0.5) is 39.3 Å². The zero-order chi connectivity index (χ0) is 25.9. The molecule has 2 aliphatic heterocycles. The molecule has 0 atom stereocenters. The Hall–Kier alpha value is -4.44. The van der Waals surface area contributed by atoms with E-state index in [-0.39, 0.29) is 11.9 Å². The van der Waals surface area contributed by atoms with E-state index >= 15 is 0 Å². The maximum atomic E-state index is 13.2. The lowest BCUT2D eigenvalue weighted by Crippen LogP contribution is -2.44. The fourth-order valence-electron chi connectivity index (χ4n) is 4.45. The SMILES string of the molecule is C=CC(=O)Nc1cccc(N2C(=O)N(C)Cc3cnc(Nc4ccc(N5CCN(C)CC5)cc4)nc32)c1. The third-order valence-electron chi connectivity index (χ3n) is 6.53. The minimum Gasteiger partial charge on any atom is -0.369 e. The molecule has 0 radical (unpaired) electrons. The van der Waals surface area contributed by atoms with Crippen molar-refractivity contribution in [3.8, 4) is 0 Å². The highest BCUT2D eigenvalue weighted by Gasteiger charge is 2.31. The Labute approximate surface area is 216 Å². The van der Waals surface area contributed by atoms with Crippen LogP contribution >= 0.6 is 0 Å². The van der Waals surface area contributed by atoms with Crippen molar-refractivity contribution in [3.05, 3.63) is 72.9 Å². The van der Waals surface area contributed by atoms with Gasteiger partial charge in [0.25, 0.3) is 0 Å². The average Bonchev–Trinajstić information content (AvgIpc) is 2.91. The van der Waals surface area contributed by atoms with Gasteiger partial charge in [-0.25, -0.2) is 14.7 Å². The molecule has 3 heterocycles. The highest BCUT2D eigenvalue weighted by Crippen LogP contribution is 2.34. The Morgan fingerprint density at radius 2 is 1.76 bits per heavy atom. The summed E-state index contributed by atoms with van der Waals surface area (Å²) in [5, 5.41) is 6.00. The van der Waals surface area contributed by atoms with E-state index in [4.69, 9.17) is 4.98 Å². The number of fused-ring (bicyclic) bond motifs is 1. The van der Waals surface area contributed by atoms with Gasteiger partial charge in [-0.05, 0) is 55.6 Å². The Morgan fingerprint density at radius 1 is 1.00 bits per heavy atom. The van der Waals surface area contributed by atoms with Crippen LogP contribution in [0.25, 0.3) is 0 Å². The van der Waals surface area contributed by atoms with Crippen molar-refractivity contribution >= 4 is 46.5 Å². The molecule has 2 aromatic carbocycles. The van der Waals surface area contributed by atoms with E-state index in [1.165, 1.54) is 16.7 Å². The molecule has 1 fully saturated rings. The molecule has 3 aromatic rings. The van der Waals surface area contributed by atoms with Gasteiger partial charge >= 0.3 is 6.03 Å². The van der Waals surface area contributed by atoms with E-state index in [2.05, 4.69) is 51.2 Å². The summed E-state index contributed by atoms with van der Waals surface area (Å²) in [6.07, 6.45) is 2.94. The van der Waals surface area contributed by atoms with Crippen LogP contribution in [0.5, 0.6) is 0 Å². The van der Waals surface area contributed by atoms with Gasteiger partial charge in [0, 0.05) is 62.0 Å².